The summed E-state index contributed by atoms with van der Waals surface area (Å²) >= 11 is 0. The highest BCUT2D eigenvalue weighted by Crippen LogP contribution is 2.28. The number of aromatic hydroxyl groups is 1. The van der Waals surface area contributed by atoms with E-state index in [1.165, 1.54) is 17.5 Å². The monoisotopic (exact) mass is 518 g/mol. The first kappa shape index (κ1) is 26.7. The van der Waals surface area contributed by atoms with Gasteiger partial charge in [0.15, 0.2) is 0 Å². The Morgan fingerprint density at radius 3 is 2.63 bits per heavy atom. The van der Waals surface area contributed by atoms with Gasteiger partial charge in [-0.1, -0.05) is 43.2 Å². The van der Waals surface area contributed by atoms with Gasteiger partial charge in [0.25, 0.3) is 0 Å². The summed E-state index contributed by atoms with van der Waals surface area (Å²) in [6.07, 6.45) is 9.87. The minimum Gasteiger partial charge on any atom is -0.508 e. The molecule has 7 heteroatoms. The molecular formula is C31H42N4O3. The van der Waals surface area contributed by atoms with Crippen molar-refractivity contribution in [3.8, 4) is 5.75 Å². The largest absolute Gasteiger partial charge is 0.508 e. The summed E-state index contributed by atoms with van der Waals surface area (Å²) in [6.45, 7) is 4.68. The molecule has 1 saturated carbocycles. The Kier molecular flexibility index (Phi) is 8.99. The predicted molar refractivity (Wildman–Crippen MR) is 151 cm³/mol. The molecule has 1 aliphatic carbocycles. The van der Waals surface area contributed by atoms with Gasteiger partial charge in [-0.3, -0.25) is 9.80 Å². The molecule has 1 aromatic heterocycles. The van der Waals surface area contributed by atoms with Gasteiger partial charge in [-0.2, -0.15) is 0 Å². The Bertz CT molecular complexity index is 1170. The summed E-state index contributed by atoms with van der Waals surface area (Å²) in [5.74, 6) is 0.532. The molecule has 2 fully saturated rings. The molecule has 38 heavy (non-hydrogen) atoms. The molecule has 5 rings (SSSR count). The number of methoxy groups -OCH3 is 1. The molecule has 0 radical (unpaired) electrons. The second-order valence-electron chi connectivity index (χ2n) is 10.8. The van der Waals surface area contributed by atoms with Gasteiger partial charge in [-0.15, -0.1) is 0 Å². The summed E-state index contributed by atoms with van der Waals surface area (Å²) in [4.78, 5) is 19.5. The molecule has 2 unspecified atom stereocenters. The highest BCUT2D eigenvalue weighted by molar-refractivity contribution is 5.84. The van der Waals surface area contributed by atoms with Crippen LogP contribution in [0.2, 0.25) is 0 Å². The fourth-order valence-electron chi connectivity index (χ4n) is 6.24. The summed E-state index contributed by atoms with van der Waals surface area (Å²) in [7, 11) is 1.79. The van der Waals surface area contributed by atoms with Gasteiger partial charge in [-0.05, 0) is 68.0 Å². The third kappa shape index (κ3) is 6.40. The van der Waals surface area contributed by atoms with E-state index < -0.39 is 0 Å². The number of aromatic nitrogens is 1. The van der Waals surface area contributed by atoms with Crippen LogP contribution in [0.25, 0.3) is 10.9 Å². The number of amides is 1. The Hall–Kier alpha value is -2.87. The number of nitrogens with zero attached hydrogens (tertiary/aromatic N) is 3. The van der Waals surface area contributed by atoms with Crippen LogP contribution in [0.4, 0.5) is 0 Å². The van der Waals surface area contributed by atoms with E-state index in [-0.39, 0.29) is 18.1 Å². The maximum atomic E-state index is 13.7. The van der Waals surface area contributed by atoms with Crippen LogP contribution < -0.4 is 0 Å². The Balaban J connectivity index is 1.17. The van der Waals surface area contributed by atoms with E-state index in [9.17, 15) is 9.90 Å². The van der Waals surface area contributed by atoms with Crippen molar-refractivity contribution in [1.29, 1.82) is 0 Å². The van der Waals surface area contributed by atoms with Crippen LogP contribution in [0.1, 0.15) is 49.7 Å². The molecule has 1 saturated heterocycles. The third-order valence-corrected chi connectivity index (χ3v) is 8.34. The average molecular weight is 519 g/mol. The number of carbonyl (C=O) groups is 1. The average Bonchev–Trinajstić information content (AvgIpc) is 3.35. The van der Waals surface area contributed by atoms with Crippen molar-refractivity contribution in [3.63, 3.8) is 0 Å². The predicted octanol–water partition coefficient (Wildman–Crippen LogP) is 4.76. The quantitative estimate of drug-likeness (QED) is 0.405. The zero-order valence-corrected chi connectivity index (χ0v) is 22.6. The minimum absolute atomic E-state index is 0.109. The fraction of sp³-hybridized carbons (Fsp3) is 0.516. The van der Waals surface area contributed by atoms with E-state index in [4.69, 9.17) is 4.74 Å². The normalized spacial score (nSPS) is 21.1. The van der Waals surface area contributed by atoms with E-state index in [1.807, 2.05) is 30.3 Å². The fourth-order valence-corrected chi connectivity index (χ4v) is 6.24. The summed E-state index contributed by atoms with van der Waals surface area (Å²) < 4.78 is 5.89. The van der Waals surface area contributed by atoms with Crippen LogP contribution in [-0.2, 0) is 22.4 Å². The molecule has 2 aromatic carbocycles. The number of phenolic OH excluding ortho intramolecular Hbond substituents is 1. The van der Waals surface area contributed by atoms with Gasteiger partial charge < -0.3 is 19.7 Å². The minimum atomic E-state index is 0.109. The number of ether oxygens (including phenoxy) is 1. The third-order valence-electron chi connectivity index (χ3n) is 8.34. The van der Waals surface area contributed by atoms with E-state index in [1.54, 1.807) is 13.2 Å². The molecular weight excluding hydrogens is 476 g/mol. The molecule has 204 valence electrons. The van der Waals surface area contributed by atoms with Crippen molar-refractivity contribution in [2.45, 2.75) is 63.5 Å². The number of hydrogen-bond acceptors (Lipinski definition) is 5. The first-order chi connectivity index (χ1) is 18.6. The van der Waals surface area contributed by atoms with E-state index in [0.717, 1.165) is 82.2 Å². The van der Waals surface area contributed by atoms with Crippen LogP contribution in [0.5, 0.6) is 5.75 Å². The lowest BCUT2D eigenvalue weighted by molar-refractivity contribution is -0.172. The van der Waals surface area contributed by atoms with Crippen LogP contribution in [0.15, 0.2) is 54.7 Å². The molecule has 3 aromatic rings. The lowest BCUT2D eigenvalue weighted by atomic mass is 9.91. The van der Waals surface area contributed by atoms with Crippen LogP contribution in [0.3, 0.4) is 0 Å². The van der Waals surface area contributed by atoms with Crippen LogP contribution in [0, 0.1) is 0 Å². The Morgan fingerprint density at radius 1 is 1.05 bits per heavy atom. The van der Waals surface area contributed by atoms with Crippen molar-refractivity contribution < 1.29 is 14.6 Å². The van der Waals surface area contributed by atoms with Gasteiger partial charge >= 0.3 is 0 Å². The SMILES string of the molecule is COC1CCCCC1N(C(=O)CCc1ccccc1)N1CCN(CCCc2c[nH]c3ccc(O)cc23)CC1. The van der Waals surface area contributed by atoms with Crippen LogP contribution in [-0.4, -0.2) is 82.9 Å². The van der Waals surface area contributed by atoms with Crippen LogP contribution >= 0.6 is 0 Å². The number of fused-ring (bicyclic) bond motifs is 1. The van der Waals surface area contributed by atoms with Gasteiger partial charge in [0.2, 0.25) is 5.91 Å². The van der Waals surface area contributed by atoms with E-state index in [0.29, 0.717) is 12.2 Å². The van der Waals surface area contributed by atoms with Gasteiger partial charge in [-0.25, -0.2) is 5.01 Å². The molecule has 2 aliphatic rings. The Labute approximate surface area is 226 Å². The number of rotatable bonds is 10. The summed E-state index contributed by atoms with van der Waals surface area (Å²) in [6, 6.07) is 15.9. The maximum absolute atomic E-state index is 13.7. The topological polar surface area (TPSA) is 72.0 Å². The zero-order valence-electron chi connectivity index (χ0n) is 22.6. The van der Waals surface area contributed by atoms with Crippen molar-refractivity contribution in [2.75, 3.05) is 39.8 Å². The second-order valence-corrected chi connectivity index (χ2v) is 10.8. The van der Waals surface area contributed by atoms with Crippen molar-refractivity contribution in [1.82, 2.24) is 19.9 Å². The molecule has 2 N–H and O–H groups in total. The molecule has 2 heterocycles. The smallest absolute Gasteiger partial charge is 0.237 e. The number of benzene rings is 2. The van der Waals surface area contributed by atoms with Crippen molar-refractivity contribution in [3.05, 3.63) is 65.9 Å². The second kappa shape index (κ2) is 12.8. The number of nitrogens with one attached hydrogen (secondary N) is 1. The number of phenols is 1. The molecule has 7 nitrogen and oxygen atoms in total. The van der Waals surface area contributed by atoms with Crippen molar-refractivity contribution >= 4 is 16.8 Å². The molecule has 1 aliphatic heterocycles. The summed E-state index contributed by atoms with van der Waals surface area (Å²) in [5, 5.41) is 15.4. The van der Waals surface area contributed by atoms with Crippen molar-refractivity contribution in [2.24, 2.45) is 0 Å². The van der Waals surface area contributed by atoms with E-state index >= 15 is 0 Å². The number of hydrogen-bond donors (Lipinski definition) is 2. The number of aryl methyl sites for hydroxylation is 2. The zero-order chi connectivity index (χ0) is 26.3. The van der Waals surface area contributed by atoms with Gasteiger partial charge in [0, 0.05) is 56.8 Å². The number of hydrazine groups is 1. The van der Waals surface area contributed by atoms with Gasteiger partial charge in [0.1, 0.15) is 5.75 Å². The molecule has 0 bridgehead atoms. The molecule has 0 spiro atoms. The standard InChI is InChI=1S/C31H42N4O3/c1-38-30-12-6-5-11-29(30)35(31(37)16-13-24-8-3-2-4-9-24)34-20-18-33(19-21-34)17-7-10-25-23-32-28-15-14-26(36)22-27(25)28/h2-4,8-9,14-15,22-23,29-30,32,36H,5-7,10-13,16-21H2,1H3. The number of aromatic amines is 1. The lowest BCUT2D eigenvalue weighted by Gasteiger charge is -2.47. The van der Waals surface area contributed by atoms with Gasteiger partial charge in [0.05, 0.1) is 12.1 Å². The summed E-state index contributed by atoms with van der Waals surface area (Å²) in [5.41, 5.74) is 3.54. The number of H-pyrrole nitrogens is 1. The van der Waals surface area contributed by atoms with E-state index in [2.05, 4.69) is 38.2 Å². The first-order valence-electron chi connectivity index (χ1n) is 14.3. The number of carbonyl (C=O) groups excluding carboxylic acids is 1. The highest BCUT2D eigenvalue weighted by atomic mass is 16.5. The molecule has 2 atom stereocenters. The number of piperazine rings is 1. The molecule has 1 amide bonds. The first-order valence-corrected chi connectivity index (χ1v) is 14.3. The highest BCUT2D eigenvalue weighted by Gasteiger charge is 2.37. The lowest BCUT2D eigenvalue weighted by Crippen LogP contribution is -2.61. The maximum Gasteiger partial charge on any atom is 0.237 e. The Morgan fingerprint density at radius 2 is 1.84 bits per heavy atom.